The molecule has 0 bridgehead atoms. The molecule has 0 amide bonds. The molecule has 1 heterocycles. The lowest BCUT2D eigenvalue weighted by atomic mass is 10.2. The Morgan fingerprint density at radius 1 is 1.25 bits per heavy atom. The minimum Gasteiger partial charge on any atom is -0.396 e. The summed E-state index contributed by atoms with van der Waals surface area (Å²) in [5.74, 6) is 0.807. The number of hydrogen-bond donors (Lipinski definition) is 2. The summed E-state index contributed by atoms with van der Waals surface area (Å²) >= 11 is 0. The molecule has 0 aromatic carbocycles. The lowest BCUT2D eigenvalue weighted by molar-refractivity contribution is 0.283. The van der Waals surface area contributed by atoms with Crippen molar-refractivity contribution in [1.82, 2.24) is 4.98 Å². The number of nitriles is 1. The van der Waals surface area contributed by atoms with Crippen molar-refractivity contribution < 1.29 is 5.11 Å². The summed E-state index contributed by atoms with van der Waals surface area (Å²) in [5.41, 5.74) is 0.577. The predicted octanol–water partition coefficient (Wildman–Crippen LogP) is 1.92. The van der Waals surface area contributed by atoms with Gasteiger partial charge in [-0.25, -0.2) is 4.98 Å². The van der Waals surface area contributed by atoms with Gasteiger partial charge in [0.2, 0.25) is 0 Å². The molecule has 0 unspecified atom stereocenters. The van der Waals surface area contributed by atoms with Crippen molar-refractivity contribution in [3.63, 3.8) is 0 Å². The van der Waals surface area contributed by atoms with Crippen LogP contribution < -0.4 is 5.32 Å². The number of pyridine rings is 1. The monoisotopic (exact) mass is 219 g/mol. The standard InChI is InChI=1S/C12H17N3O/c13-9-11-5-6-12(15-10-11)14-7-3-1-2-4-8-16/h5-6,10,16H,1-4,7-8H2,(H,14,15). The van der Waals surface area contributed by atoms with Crippen LogP contribution in [0.3, 0.4) is 0 Å². The highest BCUT2D eigenvalue weighted by Gasteiger charge is 1.94. The maximum atomic E-state index is 8.60. The zero-order valence-corrected chi connectivity index (χ0v) is 9.32. The van der Waals surface area contributed by atoms with Crippen molar-refractivity contribution in [2.45, 2.75) is 25.7 Å². The molecule has 86 valence electrons. The van der Waals surface area contributed by atoms with Gasteiger partial charge in [-0.05, 0) is 25.0 Å². The van der Waals surface area contributed by atoms with Crippen molar-refractivity contribution in [2.24, 2.45) is 0 Å². The van der Waals surface area contributed by atoms with Crippen LogP contribution in [0.5, 0.6) is 0 Å². The molecule has 4 heteroatoms. The fourth-order valence-electron chi connectivity index (χ4n) is 1.37. The molecule has 1 aromatic rings. The Morgan fingerprint density at radius 3 is 2.69 bits per heavy atom. The minimum atomic E-state index is 0.282. The van der Waals surface area contributed by atoms with Crippen LogP contribution in [0, 0.1) is 11.3 Å². The molecule has 0 spiro atoms. The van der Waals surface area contributed by atoms with E-state index in [1.54, 1.807) is 12.3 Å². The highest BCUT2D eigenvalue weighted by molar-refractivity contribution is 5.38. The lowest BCUT2D eigenvalue weighted by Gasteiger charge is -2.04. The van der Waals surface area contributed by atoms with E-state index in [0.29, 0.717) is 5.56 Å². The van der Waals surface area contributed by atoms with Gasteiger partial charge >= 0.3 is 0 Å². The fraction of sp³-hybridized carbons (Fsp3) is 0.500. The van der Waals surface area contributed by atoms with Crippen LogP contribution in [-0.2, 0) is 0 Å². The third kappa shape index (κ3) is 4.76. The number of nitrogens with one attached hydrogen (secondary N) is 1. The quantitative estimate of drug-likeness (QED) is 0.687. The average Bonchev–Trinajstić information content (AvgIpc) is 2.34. The highest BCUT2D eigenvalue weighted by Crippen LogP contribution is 2.05. The van der Waals surface area contributed by atoms with Gasteiger partial charge in [-0.1, -0.05) is 12.8 Å². The SMILES string of the molecule is N#Cc1ccc(NCCCCCCO)nc1. The van der Waals surface area contributed by atoms with Gasteiger partial charge in [0, 0.05) is 19.3 Å². The lowest BCUT2D eigenvalue weighted by Crippen LogP contribution is -2.03. The first-order valence-electron chi connectivity index (χ1n) is 5.57. The van der Waals surface area contributed by atoms with Gasteiger partial charge in [-0.15, -0.1) is 0 Å². The van der Waals surface area contributed by atoms with Crippen LogP contribution in [0.15, 0.2) is 18.3 Å². The van der Waals surface area contributed by atoms with Crippen LogP contribution in [0.2, 0.25) is 0 Å². The van der Waals surface area contributed by atoms with Crippen LogP contribution in [0.4, 0.5) is 5.82 Å². The molecule has 16 heavy (non-hydrogen) atoms. The first-order valence-corrected chi connectivity index (χ1v) is 5.57. The van der Waals surface area contributed by atoms with E-state index in [-0.39, 0.29) is 6.61 Å². The third-order valence-corrected chi connectivity index (χ3v) is 2.28. The molecule has 0 atom stereocenters. The number of aliphatic hydroxyl groups is 1. The summed E-state index contributed by atoms with van der Waals surface area (Å²) < 4.78 is 0. The molecule has 0 aliphatic rings. The maximum Gasteiger partial charge on any atom is 0.125 e. The molecular weight excluding hydrogens is 202 g/mol. The number of aromatic nitrogens is 1. The first-order chi connectivity index (χ1) is 7.86. The summed E-state index contributed by atoms with van der Waals surface area (Å²) in [4.78, 5) is 4.11. The van der Waals surface area contributed by atoms with Gasteiger partial charge in [-0.2, -0.15) is 5.26 Å². The predicted molar refractivity (Wildman–Crippen MR) is 63.0 cm³/mol. The molecule has 4 nitrogen and oxygen atoms in total. The second kappa shape index (κ2) is 7.66. The van der Waals surface area contributed by atoms with E-state index in [4.69, 9.17) is 10.4 Å². The molecule has 0 fully saturated rings. The largest absolute Gasteiger partial charge is 0.396 e. The second-order valence-electron chi connectivity index (χ2n) is 3.61. The number of aliphatic hydroxyl groups excluding tert-OH is 1. The summed E-state index contributed by atoms with van der Waals surface area (Å²) in [6, 6.07) is 5.59. The van der Waals surface area contributed by atoms with E-state index in [1.807, 2.05) is 12.1 Å². The minimum absolute atomic E-state index is 0.282. The van der Waals surface area contributed by atoms with Gasteiger partial charge in [0.1, 0.15) is 11.9 Å². The molecule has 1 aromatic heterocycles. The van der Waals surface area contributed by atoms with Gasteiger partial charge in [0.15, 0.2) is 0 Å². The fourth-order valence-corrected chi connectivity index (χ4v) is 1.37. The van der Waals surface area contributed by atoms with Crippen LogP contribution in [0.1, 0.15) is 31.2 Å². The Labute approximate surface area is 95.9 Å². The molecular formula is C12H17N3O. The highest BCUT2D eigenvalue weighted by atomic mass is 16.2. The van der Waals surface area contributed by atoms with Gasteiger partial charge < -0.3 is 10.4 Å². The number of anilines is 1. The summed E-state index contributed by atoms with van der Waals surface area (Å²) in [6.07, 6.45) is 5.70. The molecule has 0 saturated carbocycles. The number of nitrogens with zero attached hydrogens (tertiary/aromatic N) is 2. The van der Waals surface area contributed by atoms with E-state index < -0.39 is 0 Å². The van der Waals surface area contributed by atoms with Gasteiger partial charge in [-0.3, -0.25) is 0 Å². The summed E-state index contributed by atoms with van der Waals surface area (Å²) in [7, 11) is 0. The zero-order chi connectivity index (χ0) is 11.6. The van der Waals surface area contributed by atoms with Crippen molar-refractivity contribution in [3.05, 3.63) is 23.9 Å². The Bertz CT molecular complexity index is 329. The maximum absolute atomic E-state index is 8.60. The Morgan fingerprint density at radius 2 is 2.06 bits per heavy atom. The van der Waals surface area contributed by atoms with Gasteiger partial charge in [0.05, 0.1) is 5.56 Å². The molecule has 2 N–H and O–H groups in total. The number of unbranched alkanes of at least 4 members (excludes halogenated alkanes) is 3. The average molecular weight is 219 g/mol. The molecule has 1 rings (SSSR count). The summed E-state index contributed by atoms with van der Waals surface area (Å²) in [6.45, 7) is 1.16. The Hall–Kier alpha value is -1.60. The molecule has 0 radical (unpaired) electrons. The molecule has 0 saturated heterocycles. The van der Waals surface area contributed by atoms with E-state index in [1.165, 1.54) is 0 Å². The zero-order valence-electron chi connectivity index (χ0n) is 9.32. The Balaban J connectivity index is 2.15. The van der Waals surface area contributed by atoms with Crippen molar-refractivity contribution in [1.29, 1.82) is 5.26 Å². The van der Waals surface area contributed by atoms with Crippen molar-refractivity contribution in [3.8, 4) is 6.07 Å². The van der Waals surface area contributed by atoms with Crippen LogP contribution >= 0.6 is 0 Å². The van der Waals surface area contributed by atoms with Crippen LogP contribution in [-0.4, -0.2) is 23.2 Å². The van der Waals surface area contributed by atoms with Gasteiger partial charge in [0.25, 0.3) is 0 Å². The third-order valence-electron chi connectivity index (χ3n) is 2.28. The van der Waals surface area contributed by atoms with Crippen LogP contribution in [0.25, 0.3) is 0 Å². The molecule has 0 aliphatic carbocycles. The molecule has 0 aliphatic heterocycles. The second-order valence-corrected chi connectivity index (χ2v) is 3.61. The topological polar surface area (TPSA) is 68.9 Å². The Kier molecular flexibility index (Phi) is 5.97. The number of rotatable bonds is 7. The smallest absolute Gasteiger partial charge is 0.125 e. The van der Waals surface area contributed by atoms with E-state index in [0.717, 1.165) is 38.0 Å². The van der Waals surface area contributed by atoms with E-state index in [9.17, 15) is 0 Å². The van der Waals surface area contributed by atoms with Crippen molar-refractivity contribution >= 4 is 5.82 Å². The normalized spacial score (nSPS) is 9.75. The van der Waals surface area contributed by atoms with E-state index in [2.05, 4.69) is 10.3 Å². The number of hydrogen-bond acceptors (Lipinski definition) is 4. The summed E-state index contributed by atoms with van der Waals surface area (Å²) in [5, 5.41) is 20.4. The van der Waals surface area contributed by atoms with Crippen molar-refractivity contribution in [2.75, 3.05) is 18.5 Å². The van der Waals surface area contributed by atoms with E-state index >= 15 is 0 Å². The first kappa shape index (κ1) is 12.5.